The third-order valence-electron chi connectivity index (χ3n) is 5.56. The fraction of sp³-hybridized carbons (Fsp3) is 0.524. The van der Waals surface area contributed by atoms with Crippen LogP contribution in [0.15, 0.2) is 18.3 Å². The first-order valence-corrected chi connectivity index (χ1v) is 10.2. The Morgan fingerprint density at radius 2 is 1.88 bits per heavy atom. The van der Waals surface area contributed by atoms with Gasteiger partial charge in [0.25, 0.3) is 5.91 Å². The average Bonchev–Trinajstić information content (AvgIpc) is 3.20. The van der Waals surface area contributed by atoms with E-state index in [9.17, 15) is 18.0 Å². The van der Waals surface area contributed by atoms with Crippen molar-refractivity contribution >= 4 is 11.7 Å². The second-order valence-electron chi connectivity index (χ2n) is 7.58. The number of aromatic nitrogens is 2. The lowest BCUT2D eigenvalue weighted by molar-refractivity contribution is -0.173. The number of carbonyl (C=O) groups is 1. The van der Waals surface area contributed by atoms with Crippen LogP contribution >= 0.6 is 0 Å². The van der Waals surface area contributed by atoms with Gasteiger partial charge in [-0.05, 0) is 31.0 Å². The van der Waals surface area contributed by atoms with Crippen LogP contribution in [0.25, 0.3) is 0 Å². The molecule has 1 amide bonds. The lowest BCUT2D eigenvalue weighted by Gasteiger charge is -2.34. The molecule has 1 aromatic heterocycles. The number of nitrogens with zero attached hydrogens (tertiary/aromatic N) is 2. The molecule has 3 atom stereocenters. The number of amides is 1. The van der Waals surface area contributed by atoms with Gasteiger partial charge in [-0.1, -0.05) is 6.92 Å². The molecule has 0 saturated carbocycles. The quantitative estimate of drug-likeness (QED) is 0.653. The summed E-state index contributed by atoms with van der Waals surface area (Å²) in [6.45, 7) is 3.72. The van der Waals surface area contributed by atoms with E-state index in [4.69, 9.17) is 14.2 Å². The summed E-state index contributed by atoms with van der Waals surface area (Å²) in [7, 11) is 4.31. The topological polar surface area (TPSA) is 86.6 Å². The average molecular weight is 456 g/mol. The van der Waals surface area contributed by atoms with E-state index in [2.05, 4.69) is 15.7 Å². The van der Waals surface area contributed by atoms with E-state index in [1.165, 1.54) is 21.3 Å². The molecule has 32 heavy (non-hydrogen) atoms. The van der Waals surface area contributed by atoms with Crippen molar-refractivity contribution in [2.75, 3.05) is 26.6 Å². The zero-order chi connectivity index (χ0) is 23.6. The highest BCUT2D eigenvalue weighted by Crippen LogP contribution is 2.47. The van der Waals surface area contributed by atoms with E-state index < -0.39 is 24.2 Å². The van der Waals surface area contributed by atoms with Gasteiger partial charge in [-0.25, -0.2) is 4.68 Å². The smallest absolute Gasteiger partial charge is 0.410 e. The first kappa shape index (κ1) is 23.6. The largest absolute Gasteiger partial charge is 0.493 e. The number of nitrogens with one attached hydrogen (secondary N) is 2. The van der Waals surface area contributed by atoms with Gasteiger partial charge in [0.1, 0.15) is 11.4 Å². The van der Waals surface area contributed by atoms with Gasteiger partial charge in [0.15, 0.2) is 17.5 Å². The van der Waals surface area contributed by atoms with Gasteiger partial charge in [-0.2, -0.15) is 18.3 Å². The minimum absolute atomic E-state index is 0.0122. The number of alkyl halides is 3. The zero-order valence-corrected chi connectivity index (χ0v) is 18.5. The third-order valence-corrected chi connectivity index (χ3v) is 5.56. The number of hydrogen-bond acceptors (Lipinski definition) is 6. The minimum Gasteiger partial charge on any atom is -0.493 e. The highest BCUT2D eigenvalue weighted by molar-refractivity contribution is 5.99. The molecule has 0 saturated heterocycles. The van der Waals surface area contributed by atoms with Crippen LogP contribution < -0.4 is 24.8 Å². The van der Waals surface area contributed by atoms with Crippen LogP contribution in [0.4, 0.5) is 19.0 Å². The summed E-state index contributed by atoms with van der Waals surface area (Å²) in [5, 5.41) is 9.72. The third kappa shape index (κ3) is 4.42. The Hall–Kier alpha value is -3.11. The number of fused-ring (bicyclic) bond motifs is 1. The van der Waals surface area contributed by atoms with Crippen LogP contribution in [0, 0.1) is 0 Å². The van der Waals surface area contributed by atoms with Gasteiger partial charge in [-0.15, -0.1) is 0 Å². The Balaban J connectivity index is 2.06. The first-order valence-electron chi connectivity index (χ1n) is 10.2. The Morgan fingerprint density at radius 3 is 2.38 bits per heavy atom. The summed E-state index contributed by atoms with van der Waals surface area (Å²) in [6, 6.07) is 0.364. The second kappa shape index (κ2) is 9.17. The lowest BCUT2D eigenvalue weighted by Crippen LogP contribution is -2.37. The molecule has 0 fully saturated rings. The molecule has 0 radical (unpaired) electrons. The van der Waals surface area contributed by atoms with Crippen molar-refractivity contribution in [1.82, 2.24) is 15.1 Å². The Morgan fingerprint density at radius 1 is 1.25 bits per heavy atom. The van der Waals surface area contributed by atoms with Gasteiger partial charge in [0, 0.05) is 12.5 Å². The molecule has 0 spiro atoms. The number of carbonyl (C=O) groups excluding carboxylic acids is 1. The number of methoxy groups -OCH3 is 3. The van der Waals surface area contributed by atoms with E-state index in [-0.39, 0.29) is 23.8 Å². The van der Waals surface area contributed by atoms with Gasteiger partial charge in [0.2, 0.25) is 5.75 Å². The molecule has 3 rings (SSSR count). The molecule has 2 heterocycles. The minimum atomic E-state index is -4.56. The van der Waals surface area contributed by atoms with Crippen molar-refractivity contribution in [3.8, 4) is 17.2 Å². The molecule has 3 unspecified atom stereocenters. The van der Waals surface area contributed by atoms with E-state index in [0.29, 0.717) is 29.2 Å². The first-order chi connectivity index (χ1) is 15.1. The number of rotatable bonds is 7. The highest BCUT2D eigenvalue weighted by atomic mass is 19.4. The number of ether oxygens (including phenoxy) is 3. The summed E-state index contributed by atoms with van der Waals surface area (Å²) in [5.41, 5.74) is 0.547. The van der Waals surface area contributed by atoms with Crippen LogP contribution in [-0.4, -0.2) is 49.2 Å². The van der Waals surface area contributed by atoms with Crippen molar-refractivity contribution in [1.29, 1.82) is 0 Å². The summed E-state index contributed by atoms with van der Waals surface area (Å²) < 4.78 is 58.6. The van der Waals surface area contributed by atoms with E-state index in [0.717, 1.165) is 10.9 Å². The Kier molecular flexibility index (Phi) is 6.75. The summed E-state index contributed by atoms with van der Waals surface area (Å²) in [5.74, 6) is 0.500. The van der Waals surface area contributed by atoms with E-state index in [1.807, 2.05) is 13.8 Å². The maximum atomic E-state index is 13.9. The SMILES string of the molecule is CCC(C)NC(=O)c1cnn2c1NC(c1cc(OC)c(OC)c(OC)c1)CC2C(F)(F)F. The van der Waals surface area contributed by atoms with Crippen LogP contribution in [0.1, 0.15) is 54.7 Å². The standard InChI is InChI=1S/C21H27F3N4O4/c1-6-11(2)26-20(29)13-10-25-28-17(21(22,23)24)9-14(27-19(13)28)12-7-15(30-3)18(32-5)16(8-12)31-4/h7-8,10-11,14,17,27H,6,9H2,1-5H3,(H,26,29). The predicted molar refractivity (Wildman–Crippen MR) is 112 cm³/mol. The van der Waals surface area contributed by atoms with Crippen molar-refractivity contribution in [3.63, 3.8) is 0 Å². The van der Waals surface area contributed by atoms with Gasteiger partial charge < -0.3 is 24.8 Å². The number of benzene rings is 1. The number of hydrogen-bond donors (Lipinski definition) is 2. The maximum Gasteiger partial charge on any atom is 0.410 e. The molecule has 1 aliphatic heterocycles. The van der Waals surface area contributed by atoms with Crippen molar-refractivity contribution < 1.29 is 32.2 Å². The molecule has 11 heteroatoms. The summed E-state index contributed by atoms with van der Waals surface area (Å²) in [4.78, 5) is 12.7. The fourth-order valence-electron chi connectivity index (χ4n) is 3.65. The Labute approximate surface area is 184 Å². The second-order valence-corrected chi connectivity index (χ2v) is 7.58. The van der Waals surface area contributed by atoms with Crippen LogP contribution in [0.2, 0.25) is 0 Å². The van der Waals surface area contributed by atoms with Crippen molar-refractivity contribution in [2.24, 2.45) is 0 Å². The molecule has 0 bridgehead atoms. The number of anilines is 1. The maximum absolute atomic E-state index is 13.9. The van der Waals surface area contributed by atoms with Crippen LogP contribution in [0.5, 0.6) is 17.2 Å². The van der Waals surface area contributed by atoms with E-state index in [1.54, 1.807) is 12.1 Å². The molecule has 0 aliphatic carbocycles. The Bertz CT molecular complexity index is 951. The highest BCUT2D eigenvalue weighted by Gasteiger charge is 2.47. The molecular formula is C21H27F3N4O4. The molecule has 2 aromatic rings. The van der Waals surface area contributed by atoms with Gasteiger partial charge in [-0.3, -0.25) is 4.79 Å². The molecule has 1 aliphatic rings. The fourth-order valence-corrected chi connectivity index (χ4v) is 3.65. The molecule has 1 aromatic carbocycles. The van der Waals surface area contributed by atoms with Crippen LogP contribution in [-0.2, 0) is 0 Å². The lowest BCUT2D eigenvalue weighted by atomic mass is 9.95. The normalized spacial score (nSPS) is 18.9. The summed E-state index contributed by atoms with van der Waals surface area (Å²) in [6.07, 6.45) is -3.05. The monoisotopic (exact) mass is 456 g/mol. The number of halogens is 3. The predicted octanol–water partition coefficient (Wildman–Crippen LogP) is 4.10. The van der Waals surface area contributed by atoms with E-state index >= 15 is 0 Å². The van der Waals surface area contributed by atoms with Crippen molar-refractivity contribution in [2.45, 2.75) is 51.0 Å². The van der Waals surface area contributed by atoms with Gasteiger partial charge >= 0.3 is 6.18 Å². The zero-order valence-electron chi connectivity index (χ0n) is 18.5. The molecular weight excluding hydrogens is 429 g/mol. The van der Waals surface area contributed by atoms with Crippen molar-refractivity contribution in [3.05, 3.63) is 29.5 Å². The molecule has 8 nitrogen and oxygen atoms in total. The summed E-state index contributed by atoms with van der Waals surface area (Å²) >= 11 is 0. The van der Waals surface area contributed by atoms with Crippen LogP contribution in [0.3, 0.4) is 0 Å². The van der Waals surface area contributed by atoms with Gasteiger partial charge in [0.05, 0.1) is 33.6 Å². The molecule has 2 N–H and O–H groups in total. The molecule has 176 valence electrons.